The van der Waals surface area contributed by atoms with Crippen molar-refractivity contribution in [2.45, 2.75) is 26.1 Å². The van der Waals surface area contributed by atoms with Gasteiger partial charge in [-0.3, -0.25) is 4.79 Å². The highest BCUT2D eigenvalue weighted by Gasteiger charge is 2.15. The molecule has 122 valence electrons. The highest BCUT2D eigenvalue weighted by molar-refractivity contribution is 6.32. The van der Waals surface area contributed by atoms with Crippen LogP contribution >= 0.6 is 11.6 Å². The maximum Gasteiger partial charge on any atom is 0.260 e. The van der Waals surface area contributed by atoms with Crippen LogP contribution in [0.25, 0.3) is 0 Å². The van der Waals surface area contributed by atoms with Crippen molar-refractivity contribution in [1.82, 2.24) is 5.32 Å². The van der Waals surface area contributed by atoms with Crippen LogP contribution in [0.5, 0.6) is 5.75 Å². The molecule has 2 aromatic carbocycles. The molecule has 1 unspecified atom stereocenters. The number of carbonyl (C=O) groups is 1. The molecular formula is C18H20ClNO3. The first-order chi connectivity index (χ1) is 11.1. The predicted octanol–water partition coefficient (Wildman–Crippen LogP) is 2.96. The Kier molecular flexibility index (Phi) is 6.44. The number of aliphatic hydroxyl groups excluding tert-OH is 1. The molecule has 2 aromatic rings. The van der Waals surface area contributed by atoms with Gasteiger partial charge in [0.25, 0.3) is 5.91 Å². The summed E-state index contributed by atoms with van der Waals surface area (Å²) in [5.41, 5.74) is 1.97. The molecule has 2 rings (SSSR count). The summed E-state index contributed by atoms with van der Waals surface area (Å²) in [7, 11) is 0. The standard InChI is InChI=1S/C18H20ClNO3/c1-13(23-17-5-3-2-4-16(17)19)18(22)20-11-10-14-6-8-15(12-21)9-7-14/h2-9,13,21H,10-12H2,1H3,(H,20,22). The van der Waals surface area contributed by atoms with E-state index in [2.05, 4.69) is 5.32 Å². The average Bonchev–Trinajstić information content (AvgIpc) is 2.57. The molecule has 4 nitrogen and oxygen atoms in total. The summed E-state index contributed by atoms with van der Waals surface area (Å²) in [5, 5.41) is 12.3. The number of benzene rings is 2. The minimum Gasteiger partial charge on any atom is -0.479 e. The van der Waals surface area contributed by atoms with Gasteiger partial charge in [-0.15, -0.1) is 0 Å². The van der Waals surface area contributed by atoms with Gasteiger partial charge in [0.05, 0.1) is 11.6 Å². The van der Waals surface area contributed by atoms with Crippen LogP contribution in [-0.4, -0.2) is 23.7 Å². The van der Waals surface area contributed by atoms with E-state index < -0.39 is 6.10 Å². The lowest BCUT2D eigenvalue weighted by atomic mass is 10.1. The van der Waals surface area contributed by atoms with Crippen molar-refractivity contribution in [3.63, 3.8) is 0 Å². The molecular weight excluding hydrogens is 314 g/mol. The van der Waals surface area contributed by atoms with Gasteiger partial charge in [0.2, 0.25) is 0 Å². The lowest BCUT2D eigenvalue weighted by Gasteiger charge is -2.15. The van der Waals surface area contributed by atoms with Gasteiger partial charge in [-0.25, -0.2) is 0 Å². The van der Waals surface area contributed by atoms with Crippen LogP contribution in [0.3, 0.4) is 0 Å². The zero-order valence-corrected chi connectivity index (χ0v) is 13.7. The first-order valence-corrected chi connectivity index (χ1v) is 7.85. The van der Waals surface area contributed by atoms with Gasteiger partial charge in [-0.1, -0.05) is 48.0 Å². The van der Waals surface area contributed by atoms with Crippen molar-refractivity contribution >= 4 is 17.5 Å². The van der Waals surface area contributed by atoms with E-state index in [1.54, 1.807) is 19.1 Å². The third-order valence-corrected chi connectivity index (χ3v) is 3.74. The molecule has 1 amide bonds. The van der Waals surface area contributed by atoms with Crippen molar-refractivity contribution in [3.8, 4) is 5.75 Å². The number of carbonyl (C=O) groups excluding carboxylic acids is 1. The number of nitrogens with one attached hydrogen (secondary N) is 1. The lowest BCUT2D eigenvalue weighted by molar-refractivity contribution is -0.127. The van der Waals surface area contributed by atoms with Crippen molar-refractivity contribution < 1.29 is 14.6 Å². The van der Waals surface area contributed by atoms with Crippen LogP contribution in [0, 0.1) is 0 Å². The van der Waals surface area contributed by atoms with Crippen molar-refractivity contribution in [3.05, 3.63) is 64.7 Å². The summed E-state index contributed by atoms with van der Waals surface area (Å²) in [4.78, 5) is 12.0. The Morgan fingerprint density at radius 3 is 2.48 bits per heavy atom. The number of aliphatic hydroxyl groups is 1. The van der Waals surface area contributed by atoms with Crippen LogP contribution in [0.2, 0.25) is 5.02 Å². The zero-order chi connectivity index (χ0) is 16.7. The fraction of sp³-hybridized carbons (Fsp3) is 0.278. The van der Waals surface area contributed by atoms with Gasteiger partial charge in [0, 0.05) is 6.54 Å². The van der Waals surface area contributed by atoms with Crippen LogP contribution in [0.15, 0.2) is 48.5 Å². The highest BCUT2D eigenvalue weighted by atomic mass is 35.5. The molecule has 0 aromatic heterocycles. The first kappa shape index (κ1) is 17.3. The maximum absolute atomic E-state index is 12.0. The summed E-state index contributed by atoms with van der Waals surface area (Å²) in [6, 6.07) is 14.7. The number of ether oxygens (including phenoxy) is 1. The quantitative estimate of drug-likeness (QED) is 0.819. The van der Waals surface area contributed by atoms with E-state index in [0.29, 0.717) is 17.3 Å². The van der Waals surface area contributed by atoms with E-state index in [4.69, 9.17) is 21.4 Å². The highest BCUT2D eigenvalue weighted by Crippen LogP contribution is 2.24. The van der Waals surface area contributed by atoms with Gasteiger partial charge >= 0.3 is 0 Å². The molecule has 0 aliphatic rings. The average molecular weight is 334 g/mol. The summed E-state index contributed by atoms with van der Waals surface area (Å²) in [5.74, 6) is 0.313. The Hall–Kier alpha value is -2.04. The molecule has 0 bridgehead atoms. The third kappa shape index (κ3) is 5.27. The van der Waals surface area contributed by atoms with Crippen molar-refractivity contribution in [1.29, 1.82) is 0 Å². The number of hydrogen-bond donors (Lipinski definition) is 2. The maximum atomic E-state index is 12.0. The molecule has 2 N–H and O–H groups in total. The Balaban J connectivity index is 1.78. The Bertz CT molecular complexity index is 643. The monoisotopic (exact) mass is 333 g/mol. The zero-order valence-electron chi connectivity index (χ0n) is 13.0. The van der Waals surface area contributed by atoms with Gasteiger partial charge in [0.1, 0.15) is 5.75 Å². The van der Waals surface area contributed by atoms with Crippen LogP contribution < -0.4 is 10.1 Å². The molecule has 0 spiro atoms. The Morgan fingerprint density at radius 1 is 1.17 bits per heavy atom. The van der Waals surface area contributed by atoms with Gasteiger partial charge in [-0.05, 0) is 36.6 Å². The fourth-order valence-electron chi connectivity index (χ4n) is 2.07. The normalized spacial score (nSPS) is 11.8. The molecule has 0 fully saturated rings. The van der Waals surface area contributed by atoms with Gasteiger partial charge < -0.3 is 15.2 Å². The van der Waals surface area contributed by atoms with Crippen molar-refractivity contribution in [2.75, 3.05) is 6.54 Å². The first-order valence-electron chi connectivity index (χ1n) is 7.47. The molecule has 1 atom stereocenters. The number of hydrogen-bond acceptors (Lipinski definition) is 3. The molecule has 23 heavy (non-hydrogen) atoms. The Morgan fingerprint density at radius 2 is 1.83 bits per heavy atom. The number of halogens is 1. The molecule has 5 heteroatoms. The molecule has 0 saturated heterocycles. The second kappa shape index (κ2) is 8.56. The smallest absolute Gasteiger partial charge is 0.260 e. The second-order valence-electron chi connectivity index (χ2n) is 5.21. The van der Waals surface area contributed by atoms with Crippen LogP contribution in [-0.2, 0) is 17.8 Å². The summed E-state index contributed by atoms with van der Waals surface area (Å²) in [6.45, 7) is 2.25. The number of amides is 1. The second-order valence-corrected chi connectivity index (χ2v) is 5.61. The molecule has 0 aliphatic heterocycles. The van der Waals surface area contributed by atoms with E-state index >= 15 is 0 Å². The minimum absolute atomic E-state index is 0.0356. The number of rotatable bonds is 7. The van der Waals surface area contributed by atoms with E-state index in [1.807, 2.05) is 36.4 Å². The van der Waals surface area contributed by atoms with E-state index in [9.17, 15) is 4.79 Å². The summed E-state index contributed by atoms with van der Waals surface area (Å²) < 4.78 is 5.57. The van der Waals surface area contributed by atoms with E-state index in [0.717, 1.165) is 17.5 Å². The molecule has 0 saturated carbocycles. The van der Waals surface area contributed by atoms with Gasteiger partial charge in [0.15, 0.2) is 6.10 Å². The molecule has 0 aliphatic carbocycles. The van der Waals surface area contributed by atoms with Crippen molar-refractivity contribution in [2.24, 2.45) is 0 Å². The Labute approximate surface area is 141 Å². The van der Waals surface area contributed by atoms with Crippen LogP contribution in [0.1, 0.15) is 18.1 Å². The fourth-order valence-corrected chi connectivity index (χ4v) is 2.25. The van der Waals surface area contributed by atoms with Gasteiger partial charge in [-0.2, -0.15) is 0 Å². The SMILES string of the molecule is CC(Oc1ccccc1Cl)C(=O)NCCc1ccc(CO)cc1. The summed E-state index contributed by atoms with van der Waals surface area (Å²) in [6.07, 6.45) is 0.0997. The summed E-state index contributed by atoms with van der Waals surface area (Å²) >= 11 is 6.01. The van der Waals surface area contributed by atoms with Crippen LogP contribution in [0.4, 0.5) is 0 Å². The molecule has 0 radical (unpaired) electrons. The van der Waals surface area contributed by atoms with E-state index in [-0.39, 0.29) is 12.5 Å². The predicted molar refractivity (Wildman–Crippen MR) is 90.6 cm³/mol. The minimum atomic E-state index is -0.619. The third-order valence-electron chi connectivity index (χ3n) is 3.43. The lowest BCUT2D eigenvalue weighted by Crippen LogP contribution is -2.37. The topological polar surface area (TPSA) is 58.6 Å². The molecule has 0 heterocycles. The largest absolute Gasteiger partial charge is 0.479 e. The number of para-hydroxylation sites is 1. The van der Waals surface area contributed by atoms with E-state index in [1.165, 1.54) is 0 Å².